The van der Waals surface area contributed by atoms with E-state index >= 15 is 0 Å². The summed E-state index contributed by atoms with van der Waals surface area (Å²) in [6, 6.07) is 28.3. The molecule has 0 aromatic heterocycles. The predicted octanol–water partition coefficient (Wildman–Crippen LogP) is 5.95. The molecular weight excluding hydrogens is 580 g/mol. The van der Waals surface area contributed by atoms with Crippen molar-refractivity contribution in [1.82, 2.24) is 5.32 Å². The molecule has 0 aliphatic heterocycles. The lowest BCUT2D eigenvalue weighted by molar-refractivity contribution is 0.0523. The highest BCUT2D eigenvalue weighted by molar-refractivity contribution is 6.06. The van der Waals surface area contributed by atoms with Gasteiger partial charge in [-0.25, -0.2) is 4.79 Å². The van der Waals surface area contributed by atoms with Crippen molar-refractivity contribution in [3.05, 3.63) is 119 Å². The molecule has 0 saturated heterocycles. The van der Waals surface area contributed by atoms with Crippen molar-refractivity contribution in [3.8, 4) is 0 Å². The molecule has 4 aromatic carbocycles. The van der Waals surface area contributed by atoms with Gasteiger partial charge < -0.3 is 37.9 Å². The Morgan fingerprint density at radius 2 is 1.07 bits per heavy atom. The second kappa shape index (κ2) is 16.5. The van der Waals surface area contributed by atoms with Crippen LogP contribution in [0.4, 0.5) is 27.5 Å². The summed E-state index contributed by atoms with van der Waals surface area (Å²) in [5.74, 6) is -0.430. The summed E-state index contributed by atoms with van der Waals surface area (Å²) < 4.78 is 5.17. The fraction of sp³-hybridized carbons (Fsp3) is 0.182. The Morgan fingerprint density at radius 3 is 1.45 bits per heavy atom. The lowest BCUT2D eigenvalue weighted by Crippen LogP contribution is -2.32. The smallest absolute Gasteiger partial charge is 0.407 e. The minimum atomic E-state index is -0.536. The van der Waals surface area contributed by atoms with Crippen molar-refractivity contribution in [3.63, 3.8) is 0 Å². The van der Waals surface area contributed by atoms with Gasteiger partial charge in [-0.3, -0.25) is 9.59 Å². The molecule has 4 rings (SSSR count). The van der Waals surface area contributed by atoms with Crippen molar-refractivity contribution < 1.29 is 19.1 Å². The summed E-state index contributed by atoms with van der Waals surface area (Å²) >= 11 is 0. The van der Waals surface area contributed by atoms with Crippen LogP contribution in [0.25, 0.3) is 0 Å². The van der Waals surface area contributed by atoms with Crippen LogP contribution in [-0.2, 0) is 17.8 Å². The number of benzene rings is 4. The Bertz CT molecular complexity index is 1540. The van der Waals surface area contributed by atoms with E-state index in [1.165, 1.54) is 0 Å². The lowest BCUT2D eigenvalue weighted by atomic mass is 10.1. The number of hydrogen-bond acceptors (Lipinski definition) is 7. The van der Waals surface area contributed by atoms with E-state index < -0.39 is 11.7 Å². The predicted molar refractivity (Wildman–Crippen MR) is 179 cm³/mol. The number of hydrogen-bond donors (Lipinski definition) is 6. The summed E-state index contributed by atoms with van der Waals surface area (Å²) in [5, 5.41) is 8.21. The largest absolute Gasteiger partial charge is 0.444 e. The summed E-state index contributed by atoms with van der Waals surface area (Å²) in [6.45, 7) is 6.20. The number of ether oxygens (including phenoxy) is 1. The zero-order valence-corrected chi connectivity index (χ0v) is 25.7. The Morgan fingerprint density at radius 1 is 0.659 bits per heavy atom. The molecule has 0 fully saturated rings. The van der Waals surface area contributed by atoms with Crippen LogP contribution >= 0.6 is 12.4 Å². The van der Waals surface area contributed by atoms with Crippen LogP contribution in [0.15, 0.2) is 97.1 Å². The number of nitrogens with one attached hydrogen (secondary N) is 3. The molecule has 44 heavy (non-hydrogen) atoms. The van der Waals surface area contributed by atoms with E-state index in [4.69, 9.17) is 21.9 Å². The number of nitrogens with two attached hydrogens (primary N) is 3. The number of rotatable bonds is 7. The molecule has 10 nitrogen and oxygen atoms in total. The number of nitrogen functional groups attached to an aromatic ring is 2. The van der Waals surface area contributed by atoms with E-state index in [-0.39, 0.29) is 24.2 Å². The molecule has 0 aliphatic rings. The molecule has 0 spiro atoms. The minimum Gasteiger partial charge on any atom is -0.444 e. The second-order valence-electron chi connectivity index (χ2n) is 10.5. The number of carbonyl (C=O) groups is 3. The molecule has 0 saturated carbocycles. The number of amides is 3. The first kappa shape index (κ1) is 35.1. The minimum absolute atomic E-state index is 0. The van der Waals surface area contributed by atoms with Crippen LogP contribution in [0, 0.1) is 0 Å². The molecule has 0 bridgehead atoms. The van der Waals surface area contributed by atoms with Gasteiger partial charge in [-0.05, 0) is 80.4 Å². The first-order valence-corrected chi connectivity index (χ1v) is 13.6. The van der Waals surface area contributed by atoms with E-state index in [1.54, 1.807) is 93.6 Å². The maximum atomic E-state index is 12.2. The van der Waals surface area contributed by atoms with Crippen molar-refractivity contribution in [1.29, 1.82) is 0 Å². The van der Waals surface area contributed by atoms with Crippen molar-refractivity contribution in [2.24, 2.45) is 5.73 Å². The van der Waals surface area contributed by atoms with Gasteiger partial charge in [-0.1, -0.05) is 48.5 Å². The molecule has 0 unspecified atom stereocenters. The lowest BCUT2D eigenvalue weighted by Gasteiger charge is -2.19. The normalized spacial score (nSPS) is 10.3. The molecule has 0 atom stereocenters. The number of carbonyl (C=O) groups excluding carboxylic acids is 3. The maximum absolute atomic E-state index is 12.2. The summed E-state index contributed by atoms with van der Waals surface area (Å²) in [5.41, 5.74) is 21.7. The van der Waals surface area contributed by atoms with Gasteiger partial charge in [-0.2, -0.15) is 0 Å². The summed E-state index contributed by atoms with van der Waals surface area (Å²) in [4.78, 5) is 35.8. The Hall–Kier alpha value is -5.06. The number of halogens is 1. The zero-order chi connectivity index (χ0) is 31.4. The molecule has 0 aliphatic carbocycles. The highest BCUT2D eigenvalue weighted by atomic mass is 35.5. The third kappa shape index (κ3) is 11.3. The van der Waals surface area contributed by atoms with Crippen molar-refractivity contribution in [2.45, 2.75) is 39.5 Å². The monoisotopic (exact) mass is 618 g/mol. The van der Waals surface area contributed by atoms with Crippen LogP contribution in [0.5, 0.6) is 0 Å². The van der Waals surface area contributed by atoms with Gasteiger partial charge in [0.25, 0.3) is 11.8 Å². The fourth-order valence-electron chi connectivity index (χ4n) is 3.67. The van der Waals surface area contributed by atoms with Crippen molar-refractivity contribution in [2.75, 3.05) is 22.1 Å². The Balaban J connectivity index is 0.000000315. The van der Waals surface area contributed by atoms with Crippen LogP contribution in [0.1, 0.15) is 52.6 Å². The number of para-hydroxylation sites is 4. The number of anilines is 4. The molecular formula is C33H39ClN6O4. The third-order valence-electron chi connectivity index (χ3n) is 5.92. The Kier molecular flexibility index (Phi) is 13.2. The summed E-state index contributed by atoms with van der Waals surface area (Å²) in [6.07, 6.45) is -0.478. The van der Waals surface area contributed by atoms with Gasteiger partial charge >= 0.3 is 6.09 Å². The summed E-state index contributed by atoms with van der Waals surface area (Å²) in [7, 11) is 0. The highest BCUT2D eigenvalue weighted by Crippen LogP contribution is 2.19. The van der Waals surface area contributed by atoms with Gasteiger partial charge in [0.2, 0.25) is 0 Å². The Labute approximate surface area is 263 Å². The standard InChI is InChI=1S/C19H23N3O3.C14H15N3O.ClH/c1-19(2,3)25-18(24)21-12-13-8-10-14(11-9-13)17(23)22-16-7-5-4-6-15(16)20;15-9-10-5-7-11(8-6-10)14(18)17-13-4-2-1-3-12(13)16;/h4-11H,12,20H2,1-3H3,(H,21,24)(H,22,23);1-8H,9,15-16H2,(H,17,18);1H. The van der Waals surface area contributed by atoms with Crippen LogP contribution < -0.4 is 33.2 Å². The first-order valence-electron chi connectivity index (χ1n) is 13.6. The van der Waals surface area contributed by atoms with E-state index in [0.717, 1.165) is 11.1 Å². The zero-order valence-electron chi connectivity index (χ0n) is 24.9. The molecule has 0 heterocycles. The van der Waals surface area contributed by atoms with Gasteiger partial charge in [0.1, 0.15) is 5.60 Å². The van der Waals surface area contributed by atoms with E-state index in [0.29, 0.717) is 47.0 Å². The molecule has 232 valence electrons. The molecule has 11 heteroatoms. The average Bonchev–Trinajstić information content (AvgIpc) is 2.98. The topological polar surface area (TPSA) is 175 Å². The average molecular weight is 619 g/mol. The first-order chi connectivity index (χ1) is 20.4. The molecule has 4 aromatic rings. The fourth-order valence-corrected chi connectivity index (χ4v) is 3.67. The van der Waals surface area contributed by atoms with E-state index in [1.807, 2.05) is 24.3 Å². The molecule has 9 N–H and O–H groups in total. The third-order valence-corrected chi connectivity index (χ3v) is 5.92. The van der Waals surface area contributed by atoms with Gasteiger partial charge in [0.05, 0.1) is 22.7 Å². The second-order valence-corrected chi connectivity index (χ2v) is 10.5. The maximum Gasteiger partial charge on any atom is 0.407 e. The van der Waals surface area contributed by atoms with Crippen molar-refractivity contribution >= 4 is 53.1 Å². The van der Waals surface area contributed by atoms with Crippen LogP contribution in [-0.4, -0.2) is 23.5 Å². The van der Waals surface area contributed by atoms with Crippen LogP contribution in [0.3, 0.4) is 0 Å². The quantitative estimate of drug-likeness (QED) is 0.139. The van der Waals surface area contributed by atoms with E-state index in [2.05, 4.69) is 16.0 Å². The van der Waals surface area contributed by atoms with Gasteiger partial charge in [0.15, 0.2) is 0 Å². The SMILES string of the molecule is CC(C)(C)OC(=O)NCc1ccc(C(=O)Nc2ccccc2N)cc1.Cl.NCc1ccc(C(=O)Nc2ccccc2N)cc1. The number of alkyl carbamates (subject to hydrolysis) is 1. The van der Waals surface area contributed by atoms with Crippen LogP contribution in [0.2, 0.25) is 0 Å². The molecule has 3 amide bonds. The van der Waals surface area contributed by atoms with Gasteiger partial charge in [-0.15, -0.1) is 12.4 Å². The highest BCUT2D eigenvalue weighted by Gasteiger charge is 2.16. The van der Waals surface area contributed by atoms with E-state index in [9.17, 15) is 14.4 Å². The molecule has 0 radical (unpaired) electrons. The van der Waals surface area contributed by atoms with Gasteiger partial charge in [0, 0.05) is 24.2 Å².